The summed E-state index contributed by atoms with van der Waals surface area (Å²) in [5.41, 5.74) is 3.37. The number of hydrogen-bond acceptors (Lipinski definition) is 0. The third-order valence-corrected chi connectivity index (χ3v) is 6.88. The fourth-order valence-corrected chi connectivity index (χ4v) is 3.41. The van der Waals surface area contributed by atoms with Gasteiger partial charge in [0.25, 0.3) is 0 Å². The molecular weight excluding hydrogens is 410 g/mol. The van der Waals surface area contributed by atoms with E-state index in [-0.39, 0.29) is 23.5 Å². The Balaban J connectivity index is 4.80. The lowest BCUT2D eigenvalue weighted by atomic mass is 9.84. The van der Waals surface area contributed by atoms with Gasteiger partial charge in [-0.15, -0.1) is 0 Å². The van der Waals surface area contributed by atoms with E-state index in [1.807, 2.05) is 6.92 Å². The zero-order chi connectivity index (χ0) is 25.7. The number of unbranched alkanes of at least 4 members (excludes halogenated alkanes) is 1. The molecule has 0 N–H and O–H groups in total. The molecule has 0 fully saturated rings. The Labute approximate surface area is 203 Å². The zero-order valence-corrected chi connectivity index (χ0v) is 22.4. The number of allylic oxidation sites excluding steroid dienone is 10. The van der Waals surface area contributed by atoms with Crippen LogP contribution in [0.5, 0.6) is 0 Å². The largest absolute Gasteiger partial charge is 0.207 e. The maximum Gasteiger partial charge on any atom is 0.130 e. The van der Waals surface area contributed by atoms with E-state index in [2.05, 4.69) is 67.0 Å². The van der Waals surface area contributed by atoms with E-state index in [1.165, 1.54) is 6.08 Å². The first-order valence-corrected chi connectivity index (χ1v) is 12.5. The third kappa shape index (κ3) is 12.2. The summed E-state index contributed by atoms with van der Waals surface area (Å²) in [5.74, 6) is 0.849. The fraction of sp³-hybridized carbons (Fsp3) is 0.548. The minimum atomic E-state index is -0.297. The zero-order valence-electron chi connectivity index (χ0n) is 22.4. The molecule has 0 aliphatic heterocycles. The number of rotatable bonds is 16. The average Bonchev–Trinajstić information content (AvgIpc) is 2.77. The van der Waals surface area contributed by atoms with Crippen molar-refractivity contribution in [1.82, 2.24) is 0 Å². The second-order valence-corrected chi connectivity index (χ2v) is 9.99. The van der Waals surface area contributed by atoms with Crippen LogP contribution in [0.15, 0.2) is 84.1 Å². The first-order chi connectivity index (χ1) is 15.3. The van der Waals surface area contributed by atoms with Crippen LogP contribution in [-0.2, 0) is 0 Å². The molecule has 0 saturated carbocycles. The van der Waals surface area contributed by atoms with Crippen LogP contribution in [0.3, 0.4) is 0 Å². The summed E-state index contributed by atoms with van der Waals surface area (Å²) in [5, 5.41) is 0. The van der Waals surface area contributed by atoms with Crippen LogP contribution in [0.1, 0.15) is 87.0 Å². The van der Waals surface area contributed by atoms with Crippen molar-refractivity contribution in [3.63, 3.8) is 0 Å². The lowest BCUT2D eigenvalue weighted by Gasteiger charge is -2.21. The maximum atomic E-state index is 14.7. The Kier molecular flexibility index (Phi) is 14.9. The van der Waals surface area contributed by atoms with Crippen molar-refractivity contribution in [2.75, 3.05) is 0 Å². The molecule has 0 amide bonds. The van der Waals surface area contributed by atoms with Gasteiger partial charge in [0.05, 0.1) is 0 Å². The van der Waals surface area contributed by atoms with Crippen molar-refractivity contribution < 1.29 is 8.78 Å². The van der Waals surface area contributed by atoms with Crippen molar-refractivity contribution in [2.24, 2.45) is 23.7 Å². The van der Waals surface area contributed by atoms with E-state index in [0.717, 1.165) is 55.2 Å². The van der Waals surface area contributed by atoms with Gasteiger partial charge in [-0.1, -0.05) is 79.9 Å². The molecule has 0 nitrogen and oxygen atoms in total. The molecule has 0 radical (unpaired) electrons. The maximum absolute atomic E-state index is 14.7. The predicted molar refractivity (Wildman–Crippen MR) is 144 cm³/mol. The lowest BCUT2D eigenvalue weighted by Crippen LogP contribution is -2.10. The fourth-order valence-electron chi connectivity index (χ4n) is 3.41. The highest BCUT2D eigenvalue weighted by Gasteiger charge is 2.15. The molecule has 4 unspecified atom stereocenters. The van der Waals surface area contributed by atoms with Crippen LogP contribution >= 0.6 is 0 Å². The Hall–Kier alpha value is -1.96. The van der Waals surface area contributed by atoms with Gasteiger partial charge in [-0.25, -0.2) is 8.78 Å². The van der Waals surface area contributed by atoms with Gasteiger partial charge >= 0.3 is 0 Å². The highest BCUT2D eigenvalue weighted by molar-refractivity contribution is 5.43. The van der Waals surface area contributed by atoms with Crippen molar-refractivity contribution in [3.8, 4) is 0 Å². The highest BCUT2D eigenvalue weighted by atomic mass is 19.1. The number of hydrogen-bond donors (Lipinski definition) is 0. The van der Waals surface area contributed by atoms with E-state index < -0.39 is 0 Å². The van der Waals surface area contributed by atoms with Gasteiger partial charge in [-0.05, 0) is 97.6 Å². The monoisotopic (exact) mass is 458 g/mol. The summed E-state index contributed by atoms with van der Waals surface area (Å²) < 4.78 is 28.5. The topological polar surface area (TPSA) is 0 Å². The van der Waals surface area contributed by atoms with Crippen LogP contribution < -0.4 is 0 Å². The normalized spacial score (nSPS) is 16.7. The summed E-state index contributed by atoms with van der Waals surface area (Å²) in [6.45, 7) is 30.0. The van der Waals surface area contributed by atoms with Gasteiger partial charge < -0.3 is 0 Å². The van der Waals surface area contributed by atoms with E-state index in [4.69, 9.17) is 0 Å². The molecule has 0 spiro atoms. The Morgan fingerprint density at radius 3 is 1.79 bits per heavy atom. The minimum absolute atomic E-state index is 0.217. The Morgan fingerprint density at radius 1 is 0.758 bits per heavy atom. The molecule has 0 aliphatic carbocycles. The van der Waals surface area contributed by atoms with E-state index in [1.54, 1.807) is 13.0 Å². The minimum Gasteiger partial charge on any atom is -0.207 e. The molecular formula is C31H48F2. The van der Waals surface area contributed by atoms with Gasteiger partial charge in [0.2, 0.25) is 0 Å². The molecule has 0 aromatic carbocycles. The van der Waals surface area contributed by atoms with Crippen LogP contribution in [0, 0.1) is 23.7 Å². The first kappa shape index (κ1) is 31.0. The van der Waals surface area contributed by atoms with Gasteiger partial charge in [-0.2, -0.15) is 0 Å². The number of halogens is 2. The highest BCUT2D eigenvalue weighted by Crippen LogP contribution is 2.29. The molecule has 186 valence electrons. The molecule has 0 bridgehead atoms. The van der Waals surface area contributed by atoms with Gasteiger partial charge in [0.15, 0.2) is 0 Å². The summed E-state index contributed by atoms with van der Waals surface area (Å²) in [4.78, 5) is 0. The van der Waals surface area contributed by atoms with Crippen molar-refractivity contribution in [3.05, 3.63) is 84.1 Å². The second-order valence-electron chi connectivity index (χ2n) is 9.99. The average molecular weight is 459 g/mol. The molecule has 4 atom stereocenters. The predicted octanol–water partition coefficient (Wildman–Crippen LogP) is 10.8. The van der Waals surface area contributed by atoms with Crippen LogP contribution in [0.2, 0.25) is 0 Å². The molecule has 0 rings (SSSR count). The molecule has 0 aromatic heterocycles. The van der Waals surface area contributed by atoms with Crippen LogP contribution in [0.4, 0.5) is 8.78 Å². The molecule has 2 heteroatoms. The summed E-state index contributed by atoms with van der Waals surface area (Å²) in [7, 11) is 0. The Morgan fingerprint density at radius 2 is 1.27 bits per heavy atom. The van der Waals surface area contributed by atoms with Crippen LogP contribution in [0.25, 0.3) is 0 Å². The second kappa shape index (κ2) is 15.8. The van der Waals surface area contributed by atoms with Gasteiger partial charge in [-0.3, -0.25) is 0 Å². The van der Waals surface area contributed by atoms with Gasteiger partial charge in [0.1, 0.15) is 11.7 Å². The lowest BCUT2D eigenvalue weighted by molar-refractivity contribution is 0.343. The summed E-state index contributed by atoms with van der Waals surface area (Å²) >= 11 is 0. The third-order valence-electron chi connectivity index (χ3n) is 6.88. The molecule has 0 aromatic rings. The summed E-state index contributed by atoms with van der Waals surface area (Å²) in [6, 6.07) is 0. The summed E-state index contributed by atoms with van der Waals surface area (Å²) in [6.07, 6.45) is 11.3. The quantitative estimate of drug-likeness (QED) is 0.202. The molecule has 0 aliphatic rings. The van der Waals surface area contributed by atoms with Crippen LogP contribution in [-0.4, -0.2) is 0 Å². The molecule has 0 saturated heterocycles. The standard InChI is InChI=1S/C31H48F2/c1-12-13-14-22(4)28(10)20-31(33)29(11)26(8)18-17-24(6)23(5)15-16-25(7)27(9)19-30(32)21(2)3/h18-20,22-25H,2,9-17H2,1,3-8H3/b26-18+,30-19+,31-20+. The molecule has 33 heavy (non-hydrogen) atoms. The SMILES string of the molecule is C=C(C)/C(F)=C\C(=C)C(C)CCC(C)C(C)C/C=C(\C)C(=C)/C(F)=C\C(=C)C(C)CCCC. The van der Waals surface area contributed by atoms with E-state index in [9.17, 15) is 8.78 Å². The van der Waals surface area contributed by atoms with E-state index >= 15 is 0 Å². The van der Waals surface area contributed by atoms with Crippen molar-refractivity contribution >= 4 is 0 Å². The smallest absolute Gasteiger partial charge is 0.130 e. The van der Waals surface area contributed by atoms with Crippen molar-refractivity contribution in [1.29, 1.82) is 0 Å². The van der Waals surface area contributed by atoms with E-state index in [0.29, 0.717) is 23.0 Å². The van der Waals surface area contributed by atoms with Gasteiger partial charge in [0, 0.05) is 5.57 Å². The Bertz CT molecular complexity index is 775. The molecule has 0 heterocycles. The van der Waals surface area contributed by atoms with Crippen molar-refractivity contribution in [2.45, 2.75) is 87.0 Å². The first-order valence-electron chi connectivity index (χ1n) is 12.5.